The van der Waals surface area contributed by atoms with Crippen molar-refractivity contribution in [3.63, 3.8) is 0 Å². The molecule has 0 N–H and O–H groups in total. The predicted molar refractivity (Wildman–Crippen MR) is 284 cm³/mol. The van der Waals surface area contributed by atoms with Gasteiger partial charge in [-0.25, -0.2) is 15.0 Å². The van der Waals surface area contributed by atoms with Gasteiger partial charge in [0.2, 0.25) is 5.95 Å². The molecule has 0 saturated heterocycles. The van der Waals surface area contributed by atoms with Crippen molar-refractivity contribution in [2.45, 2.75) is 0 Å². The molecule has 0 saturated carbocycles. The Morgan fingerprint density at radius 2 is 0.757 bits per heavy atom. The van der Waals surface area contributed by atoms with Gasteiger partial charge in [0, 0.05) is 55.6 Å². The van der Waals surface area contributed by atoms with Crippen LogP contribution in [0.15, 0.2) is 249 Å². The van der Waals surface area contributed by atoms with Crippen molar-refractivity contribution in [3.8, 4) is 96.1 Å². The maximum absolute atomic E-state index is 5.30. The summed E-state index contributed by atoms with van der Waals surface area (Å²) in [6.45, 7) is 0. The minimum atomic E-state index is 0.545. The van der Waals surface area contributed by atoms with Gasteiger partial charge in [0.1, 0.15) is 0 Å². The largest absolute Gasteiger partial charge is 0.309 e. The van der Waals surface area contributed by atoms with Crippen LogP contribution in [0, 0.1) is 0 Å². The fourth-order valence-electron chi connectivity index (χ4n) is 9.78. The highest BCUT2D eigenvalue weighted by Gasteiger charge is 2.32. The van der Waals surface area contributed by atoms with E-state index < -0.39 is 0 Å². The van der Waals surface area contributed by atoms with Crippen LogP contribution in [0.4, 0.5) is 17.1 Å². The number of fused-ring (bicyclic) bond motifs is 7. The van der Waals surface area contributed by atoms with Gasteiger partial charge in [0.05, 0.1) is 34.0 Å². The molecule has 0 aliphatic carbocycles. The fraction of sp³-hybridized carbons (Fsp3) is 0. The number of hydrogen-bond donors (Lipinski definition) is 0. The molecule has 9 aromatic carbocycles. The second-order valence-electron chi connectivity index (χ2n) is 17.3. The molecule has 13 rings (SSSR count). The van der Waals surface area contributed by atoms with E-state index in [1.807, 2.05) is 72.8 Å². The average Bonchev–Trinajstić information content (AvgIpc) is 3.73. The summed E-state index contributed by atoms with van der Waals surface area (Å²) in [6, 6.07) is 86.5. The van der Waals surface area contributed by atoms with Crippen LogP contribution in [0.25, 0.3) is 107 Å². The second kappa shape index (κ2) is 17.2. The summed E-state index contributed by atoms with van der Waals surface area (Å²) < 4.78 is 2.24. The topological polar surface area (TPSA) is 72.6 Å². The lowest BCUT2D eigenvalue weighted by Gasteiger charge is -2.28. The Morgan fingerprint density at radius 3 is 1.40 bits per heavy atom. The standard InChI is InChI=1S/C63H41N7/c1-5-21-42(22-6-1)53-41-54(65-60(64-53)43-23-7-2-8-24-43)48-31-19-29-46(39-48)47-30-20-32-49(40-47)69-55-36-16-13-33-50(55)58-51-34-14-17-37-56(51)70(59(58)52-35-15-18-38-57(52)69)63-67-61(44-25-9-3-10-26-44)66-62(68-63)45-27-11-4-12-28-45/h1-41H. The third kappa shape index (κ3) is 7.21. The zero-order valence-electron chi connectivity index (χ0n) is 37.8. The number of benzene rings is 9. The van der Waals surface area contributed by atoms with E-state index in [-0.39, 0.29) is 0 Å². The maximum Gasteiger partial charge on any atom is 0.238 e. The van der Waals surface area contributed by atoms with Gasteiger partial charge >= 0.3 is 0 Å². The van der Waals surface area contributed by atoms with Crippen LogP contribution in [0.1, 0.15) is 0 Å². The Hall–Kier alpha value is -9.59. The number of aromatic nitrogens is 6. The number of hydrogen-bond acceptors (Lipinski definition) is 6. The number of rotatable bonds is 8. The minimum absolute atomic E-state index is 0.545. The molecule has 7 nitrogen and oxygen atoms in total. The first-order valence-corrected chi connectivity index (χ1v) is 23.4. The molecule has 7 heteroatoms. The van der Waals surface area contributed by atoms with Gasteiger partial charge in [-0.05, 0) is 53.6 Å². The molecule has 70 heavy (non-hydrogen) atoms. The molecule has 1 aliphatic heterocycles. The van der Waals surface area contributed by atoms with E-state index in [1.165, 1.54) is 0 Å². The first-order chi connectivity index (χ1) is 34.7. The van der Waals surface area contributed by atoms with E-state index in [1.54, 1.807) is 0 Å². The Kier molecular flexibility index (Phi) is 10.0. The first kappa shape index (κ1) is 40.7. The van der Waals surface area contributed by atoms with Gasteiger partial charge in [-0.1, -0.05) is 206 Å². The zero-order chi connectivity index (χ0) is 46.4. The molecular formula is C63H41N7. The zero-order valence-corrected chi connectivity index (χ0v) is 37.8. The molecule has 0 bridgehead atoms. The summed E-state index contributed by atoms with van der Waals surface area (Å²) in [7, 11) is 0. The molecular weight excluding hydrogens is 855 g/mol. The highest BCUT2D eigenvalue weighted by Crippen LogP contribution is 2.54. The van der Waals surface area contributed by atoms with Crippen molar-refractivity contribution < 1.29 is 0 Å². The van der Waals surface area contributed by atoms with E-state index in [4.69, 9.17) is 24.9 Å². The summed E-state index contributed by atoms with van der Waals surface area (Å²) in [5, 5.41) is 1.10. The van der Waals surface area contributed by atoms with E-state index in [9.17, 15) is 0 Å². The van der Waals surface area contributed by atoms with Gasteiger partial charge in [0.25, 0.3) is 0 Å². The van der Waals surface area contributed by atoms with Crippen molar-refractivity contribution in [1.82, 2.24) is 29.5 Å². The summed E-state index contributed by atoms with van der Waals surface area (Å²) in [4.78, 5) is 28.3. The lowest BCUT2D eigenvalue weighted by atomic mass is 9.98. The summed E-state index contributed by atoms with van der Waals surface area (Å²) in [6.07, 6.45) is 0. The second-order valence-corrected chi connectivity index (χ2v) is 17.3. The third-order valence-electron chi connectivity index (χ3n) is 13.0. The minimum Gasteiger partial charge on any atom is -0.309 e. The Morgan fingerprint density at radius 1 is 0.300 bits per heavy atom. The normalized spacial score (nSPS) is 11.7. The lowest BCUT2D eigenvalue weighted by molar-refractivity contribution is 0.938. The molecule has 0 atom stereocenters. The SMILES string of the molecule is c1ccc(-c2cc(-c3cccc(-c4cccc(N5c6ccccc6-c6c(n(-c7nc(-c8ccccc8)nc(-c8ccccc8)n7)c7ccccc67)-c6ccccc65)c4)c3)nc(-c3ccccc3)n2)cc1. The smallest absolute Gasteiger partial charge is 0.238 e. The molecule has 0 spiro atoms. The molecule has 4 heterocycles. The molecule has 12 aromatic rings. The van der Waals surface area contributed by atoms with E-state index in [0.717, 1.165) is 101 Å². The highest BCUT2D eigenvalue weighted by molar-refractivity contribution is 6.13. The van der Waals surface area contributed by atoms with Crippen LogP contribution in [-0.4, -0.2) is 29.5 Å². The Bertz CT molecular complexity index is 3770. The molecule has 3 aromatic heterocycles. The van der Waals surface area contributed by atoms with Crippen molar-refractivity contribution in [3.05, 3.63) is 249 Å². The number of nitrogens with zero attached hydrogens (tertiary/aromatic N) is 7. The number of anilines is 3. The third-order valence-corrected chi connectivity index (χ3v) is 13.0. The van der Waals surface area contributed by atoms with Crippen molar-refractivity contribution >= 4 is 28.0 Å². The van der Waals surface area contributed by atoms with Gasteiger partial charge in [-0.2, -0.15) is 9.97 Å². The van der Waals surface area contributed by atoms with Gasteiger partial charge in [-0.15, -0.1) is 0 Å². The Labute approximate surface area is 405 Å². The van der Waals surface area contributed by atoms with Crippen LogP contribution in [0.3, 0.4) is 0 Å². The molecule has 0 radical (unpaired) electrons. The van der Waals surface area contributed by atoms with Crippen LogP contribution in [0.2, 0.25) is 0 Å². The van der Waals surface area contributed by atoms with Gasteiger partial charge in [0.15, 0.2) is 17.5 Å². The Balaban J connectivity index is 0.978. The summed E-state index contributed by atoms with van der Waals surface area (Å²) in [5.41, 5.74) is 17.2. The molecule has 0 unspecified atom stereocenters. The van der Waals surface area contributed by atoms with E-state index in [2.05, 4.69) is 185 Å². The van der Waals surface area contributed by atoms with Crippen molar-refractivity contribution in [1.29, 1.82) is 0 Å². The summed E-state index contributed by atoms with van der Waals surface area (Å²) in [5.74, 6) is 2.44. The fourth-order valence-corrected chi connectivity index (χ4v) is 9.78. The van der Waals surface area contributed by atoms with Crippen LogP contribution < -0.4 is 4.90 Å². The molecule has 0 fully saturated rings. The summed E-state index contributed by atoms with van der Waals surface area (Å²) >= 11 is 0. The van der Waals surface area contributed by atoms with E-state index >= 15 is 0 Å². The average molecular weight is 896 g/mol. The van der Waals surface area contributed by atoms with Crippen LogP contribution in [-0.2, 0) is 0 Å². The first-order valence-electron chi connectivity index (χ1n) is 23.4. The van der Waals surface area contributed by atoms with E-state index in [0.29, 0.717) is 23.4 Å². The van der Waals surface area contributed by atoms with Gasteiger partial charge in [-0.3, -0.25) is 4.57 Å². The highest BCUT2D eigenvalue weighted by atomic mass is 15.2. The monoisotopic (exact) mass is 895 g/mol. The quantitative estimate of drug-likeness (QED) is 0.151. The van der Waals surface area contributed by atoms with Gasteiger partial charge < -0.3 is 4.90 Å². The predicted octanol–water partition coefficient (Wildman–Crippen LogP) is 15.7. The number of para-hydroxylation sites is 3. The lowest BCUT2D eigenvalue weighted by Crippen LogP contribution is -2.12. The molecule has 1 aliphatic rings. The van der Waals surface area contributed by atoms with Crippen LogP contribution in [0.5, 0.6) is 0 Å². The van der Waals surface area contributed by atoms with Crippen LogP contribution >= 0.6 is 0 Å². The molecule has 0 amide bonds. The maximum atomic E-state index is 5.30. The van der Waals surface area contributed by atoms with Crippen molar-refractivity contribution in [2.24, 2.45) is 0 Å². The molecule has 328 valence electrons. The van der Waals surface area contributed by atoms with Crippen molar-refractivity contribution in [2.75, 3.05) is 4.90 Å².